The third kappa shape index (κ3) is 8.08. The van der Waals surface area contributed by atoms with Crippen LogP contribution in [-0.2, 0) is 0 Å². The van der Waals surface area contributed by atoms with Crippen molar-refractivity contribution in [2.45, 2.75) is 51.4 Å². The van der Waals surface area contributed by atoms with Gasteiger partial charge in [-0.15, -0.1) is 0 Å². The molecule has 1 aromatic carbocycles. The van der Waals surface area contributed by atoms with Crippen molar-refractivity contribution >= 4 is 6.08 Å². The lowest BCUT2D eigenvalue weighted by Gasteiger charge is -1.99. The Bertz CT molecular complexity index is 303. The van der Waals surface area contributed by atoms with Gasteiger partial charge >= 0.3 is 0 Å². The second-order valence-corrected chi connectivity index (χ2v) is 4.80. The molecule has 1 rings (SSSR count). The van der Waals surface area contributed by atoms with Crippen LogP contribution in [0.2, 0.25) is 0 Å². The zero-order chi connectivity index (χ0) is 12.9. The van der Waals surface area contributed by atoms with Crippen LogP contribution in [0.3, 0.4) is 0 Å². The summed E-state index contributed by atoms with van der Waals surface area (Å²) in [7, 11) is 0. The summed E-state index contributed by atoms with van der Waals surface area (Å²) < 4.78 is 0. The Morgan fingerprint density at radius 2 is 1.39 bits per heavy atom. The summed E-state index contributed by atoms with van der Waals surface area (Å²) >= 11 is 0. The molecule has 0 saturated carbocycles. The van der Waals surface area contributed by atoms with E-state index in [1.54, 1.807) is 0 Å². The van der Waals surface area contributed by atoms with E-state index >= 15 is 0 Å². The predicted octanol–water partition coefficient (Wildman–Crippen LogP) is 4.81. The minimum absolute atomic E-state index is 0.351. The highest BCUT2D eigenvalue weighted by molar-refractivity contribution is 5.48. The predicted molar refractivity (Wildman–Crippen MR) is 79.5 cm³/mol. The molecule has 0 radical (unpaired) electrons. The maximum Gasteiger partial charge on any atom is 0.0431 e. The maximum absolute atomic E-state index is 8.65. The Labute approximate surface area is 112 Å². The fourth-order valence-corrected chi connectivity index (χ4v) is 2.04. The number of aliphatic hydroxyl groups is 1. The van der Waals surface area contributed by atoms with E-state index in [1.165, 1.54) is 50.5 Å². The summed E-state index contributed by atoms with van der Waals surface area (Å²) in [4.78, 5) is 0. The first-order chi connectivity index (χ1) is 8.93. The van der Waals surface area contributed by atoms with Crippen LogP contribution in [0.15, 0.2) is 36.4 Å². The smallest absolute Gasteiger partial charge is 0.0431 e. The van der Waals surface area contributed by atoms with E-state index in [1.807, 2.05) is 6.07 Å². The normalized spacial score (nSPS) is 11.2. The van der Waals surface area contributed by atoms with Gasteiger partial charge in [0.25, 0.3) is 0 Å². The van der Waals surface area contributed by atoms with Crippen LogP contribution in [0, 0.1) is 0 Å². The maximum atomic E-state index is 8.65. The lowest BCUT2D eigenvalue weighted by molar-refractivity contribution is 0.282. The summed E-state index contributed by atoms with van der Waals surface area (Å²) in [5.41, 5.74) is 1.29. The van der Waals surface area contributed by atoms with Crippen LogP contribution >= 0.6 is 0 Å². The average molecular weight is 246 g/mol. The van der Waals surface area contributed by atoms with Crippen molar-refractivity contribution in [1.29, 1.82) is 0 Å². The van der Waals surface area contributed by atoms with Gasteiger partial charge < -0.3 is 5.11 Å². The fourth-order valence-electron chi connectivity index (χ4n) is 2.04. The summed E-state index contributed by atoms with van der Waals surface area (Å²) in [6.45, 7) is 0.351. The second-order valence-electron chi connectivity index (χ2n) is 4.80. The highest BCUT2D eigenvalue weighted by atomic mass is 16.2. The third-order valence-corrected chi connectivity index (χ3v) is 3.14. The van der Waals surface area contributed by atoms with E-state index in [-0.39, 0.29) is 0 Å². The van der Waals surface area contributed by atoms with Crippen molar-refractivity contribution < 1.29 is 5.11 Å². The molecule has 0 aliphatic rings. The van der Waals surface area contributed by atoms with Gasteiger partial charge in [0.1, 0.15) is 0 Å². The first kappa shape index (κ1) is 15.0. The molecule has 1 aromatic rings. The highest BCUT2D eigenvalue weighted by Crippen LogP contribution is 2.09. The second kappa shape index (κ2) is 11.0. The van der Waals surface area contributed by atoms with Crippen molar-refractivity contribution in [3.05, 3.63) is 42.0 Å². The first-order valence-corrected chi connectivity index (χ1v) is 7.26. The van der Waals surface area contributed by atoms with Crippen LogP contribution in [0.5, 0.6) is 0 Å². The molecule has 0 aliphatic heterocycles. The lowest BCUT2D eigenvalue weighted by atomic mass is 10.1. The van der Waals surface area contributed by atoms with Crippen molar-refractivity contribution in [2.24, 2.45) is 0 Å². The molecule has 0 aliphatic carbocycles. The topological polar surface area (TPSA) is 20.2 Å². The van der Waals surface area contributed by atoms with Gasteiger partial charge in [0.15, 0.2) is 0 Å². The largest absolute Gasteiger partial charge is 0.396 e. The van der Waals surface area contributed by atoms with Crippen LogP contribution in [0.25, 0.3) is 6.08 Å². The molecular formula is C17H26O. The van der Waals surface area contributed by atoms with E-state index in [9.17, 15) is 0 Å². The third-order valence-electron chi connectivity index (χ3n) is 3.14. The SMILES string of the molecule is OCCCCCCCCC/C=C/c1ccccc1. The summed E-state index contributed by atoms with van der Waals surface area (Å²) in [5.74, 6) is 0. The number of benzene rings is 1. The summed E-state index contributed by atoms with van der Waals surface area (Å²) in [6, 6.07) is 10.5. The van der Waals surface area contributed by atoms with E-state index < -0.39 is 0 Å². The average Bonchev–Trinajstić information content (AvgIpc) is 2.42. The molecule has 1 nitrogen and oxygen atoms in total. The van der Waals surface area contributed by atoms with Gasteiger partial charge in [0, 0.05) is 6.61 Å². The van der Waals surface area contributed by atoms with Crippen LogP contribution in [-0.4, -0.2) is 11.7 Å². The zero-order valence-corrected chi connectivity index (χ0v) is 11.4. The fraction of sp³-hybridized carbons (Fsp3) is 0.529. The van der Waals surface area contributed by atoms with E-state index in [0.717, 1.165) is 6.42 Å². The first-order valence-electron chi connectivity index (χ1n) is 7.26. The number of hydrogen-bond acceptors (Lipinski definition) is 1. The monoisotopic (exact) mass is 246 g/mol. The molecule has 0 bridgehead atoms. The van der Waals surface area contributed by atoms with E-state index in [2.05, 4.69) is 36.4 Å². The molecular weight excluding hydrogens is 220 g/mol. The van der Waals surface area contributed by atoms with Gasteiger partial charge in [-0.1, -0.05) is 74.6 Å². The Balaban J connectivity index is 1.91. The molecule has 0 amide bonds. The molecule has 1 N–H and O–H groups in total. The van der Waals surface area contributed by atoms with Gasteiger partial charge in [-0.05, 0) is 24.8 Å². The minimum atomic E-state index is 0.351. The van der Waals surface area contributed by atoms with Gasteiger partial charge in [0.2, 0.25) is 0 Å². The summed E-state index contributed by atoms with van der Waals surface area (Å²) in [6.07, 6.45) is 14.4. The molecule has 0 saturated heterocycles. The molecule has 0 unspecified atom stereocenters. The van der Waals surface area contributed by atoms with E-state index in [4.69, 9.17) is 5.11 Å². The molecule has 100 valence electrons. The minimum Gasteiger partial charge on any atom is -0.396 e. The molecule has 0 aromatic heterocycles. The van der Waals surface area contributed by atoms with E-state index in [0.29, 0.717) is 6.61 Å². The number of unbranched alkanes of at least 4 members (excludes halogenated alkanes) is 7. The molecule has 0 atom stereocenters. The standard InChI is InChI=1S/C17H26O/c18-16-12-7-5-3-1-2-4-6-9-13-17-14-10-8-11-15-17/h8-11,13-15,18H,1-7,12,16H2/b13-9+. The van der Waals surface area contributed by atoms with Gasteiger partial charge in [-0.25, -0.2) is 0 Å². The van der Waals surface area contributed by atoms with Crippen molar-refractivity contribution in [3.8, 4) is 0 Å². The quantitative estimate of drug-likeness (QED) is 0.587. The van der Waals surface area contributed by atoms with Crippen LogP contribution < -0.4 is 0 Å². The number of rotatable bonds is 10. The number of allylic oxidation sites excluding steroid dienone is 1. The van der Waals surface area contributed by atoms with Crippen LogP contribution in [0.4, 0.5) is 0 Å². The Morgan fingerprint density at radius 3 is 2.06 bits per heavy atom. The Morgan fingerprint density at radius 1 is 0.778 bits per heavy atom. The lowest BCUT2D eigenvalue weighted by Crippen LogP contribution is -1.83. The summed E-state index contributed by atoms with van der Waals surface area (Å²) in [5, 5.41) is 8.65. The Kier molecular flexibility index (Phi) is 9.18. The molecule has 1 heteroatoms. The van der Waals surface area contributed by atoms with Gasteiger partial charge in [-0.3, -0.25) is 0 Å². The van der Waals surface area contributed by atoms with Crippen molar-refractivity contribution in [2.75, 3.05) is 6.61 Å². The number of hydrogen-bond donors (Lipinski definition) is 1. The zero-order valence-electron chi connectivity index (χ0n) is 11.4. The highest BCUT2D eigenvalue weighted by Gasteiger charge is 1.90. The molecule has 18 heavy (non-hydrogen) atoms. The number of aliphatic hydroxyl groups excluding tert-OH is 1. The molecule has 0 spiro atoms. The van der Waals surface area contributed by atoms with Gasteiger partial charge in [0.05, 0.1) is 0 Å². The van der Waals surface area contributed by atoms with Gasteiger partial charge in [-0.2, -0.15) is 0 Å². The van der Waals surface area contributed by atoms with Crippen molar-refractivity contribution in [1.82, 2.24) is 0 Å². The van der Waals surface area contributed by atoms with Crippen molar-refractivity contribution in [3.63, 3.8) is 0 Å². The van der Waals surface area contributed by atoms with Crippen LogP contribution in [0.1, 0.15) is 56.9 Å². The molecule has 0 heterocycles. The Hall–Kier alpha value is -1.08. The molecule has 0 fully saturated rings.